The lowest BCUT2D eigenvalue weighted by Crippen LogP contribution is -2.16. The molecule has 0 bridgehead atoms. The topological polar surface area (TPSA) is 79.4 Å². The molecular formula is C8H14N6S. The Morgan fingerprint density at radius 1 is 1.60 bits per heavy atom. The van der Waals surface area contributed by atoms with Crippen LogP contribution in [-0.4, -0.2) is 39.6 Å². The molecule has 0 radical (unpaired) electrons. The predicted octanol–water partition coefficient (Wildman–Crippen LogP) is 0.288. The molecule has 6 nitrogen and oxygen atoms in total. The van der Waals surface area contributed by atoms with Gasteiger partial charge < -0.3 is 5.32 Å². The fourth-order valence-electron chi connectivity index (χ4n) is 0.973. The van der Waals surface area contributed by atoms with E-state index in [0.717, 1.165) is 30.4 Å². The molecule has 0 atom stereocenters. The maximum absolute atomic E-state index is 8.38. The largest absolute Gasteiger partial charge is 0.318 e. The minimum absolute atomic E-state index is 0.588. The predicted molar refractivity (Wildman–Crippen MR) is 57.3 cm³/mol. The minimum Gasteiger partial charge on any atom is -0.318 e. The maximum atomic E-state index is 8.38. The summed E-state index contributed by atoms with van der Waals surface area (Å²) in [5, 5.41) is 23.7. The SMILES string of the molecule is CNCCn1nnnc1SCCCC#N. The number of hydrogen-bond acceptors (Lipinski definition) is 6. The van der Waals surface area contributed by atoms with Crippen molar-refractivity contribution in [2.24, 2.45) is 0 Å². The summed E-state index contributed by atoms with van der Waals surface area (Å²) in [4.78, 5) is 0. The number of nitriles is 1. The summed E-state index contributed by atoms with van der Waals surface area (Å²) in [5.74, 6) is 0.882. The van der Waals surface area contributed by atoms with Gasteiger partial charge >= 0.3 is 0 Å². The molecule has 0 fully saturated rings. The van der Waals surface area contributed by atoms with Crippen LogP contribution in [0.3, 0.4) is 0 Å². The van der Waals surface area contributed by atoms with Gasteiger partial charge in [-0.1, -0.05) is 11.8 Å². The average Bonchev–Trinajstić information content (AvgIpc) is 2.69. The lowest BCUT2D eigenvalue weighted by atomic mass is 10.4. The molecular weight excluding hydrogens is 212 g/mol. The van der Waals surface area contributed by atoms with E-state index in [4.69, 9.17) is 5.26 Å². The molecule has 0 aromatic carbocycles. The van der Waals surface area contributed by atoms with Crippen LogP contribution in [-0.2, 0) is 6.54 Å². The van der Waals surface area contributed by atoms with E-state index in [1.165, 1.54) is 0 Å². The number of thioether (sulfide) groups is 1. The van der Waals surface area contributed by atoms with Crippen LogP contribution in [0.4, 0.5) is 0 Å². The van der Waals surface area contributed by atoms with Crippen molar-refractivity contribution in [3.63, 3.8) is 0 Å². The smallest absolute Gasteiger partial charge is 0.209 e. The third kappa shape index (κ3) is 4.27. The monoisotopic (exact) mass is 226 g/mol. The van der Waals surface area contributed by atoms with Crippen molar-refractivity contribution < 1.29 is 0 Å². The van der Waals surface area contributed by atoms with E-state index >= 15 is 0 Å². The Balaban J connectivity index is 2.33. The zero-order valence-corrected chi connectivity index (χ0v) is 9.50. The van der Waals surface area contributed by atoms with Crippen LogP contribution in [0.1, 0.15) is 12.8 Å². The third-order valence-corrected chi connectivity index (χ3v) is 2.78. The first-order chi connectivity index (χ1) is 7.38. The number of tetrazole rings is 1. The Morgan fingerprint density at radius 3 is 3.20 bits per heavy atom. The molecule has 0 saturated carbocycles. The van der Waals surface area contributed by atoms with E-state index < -0.39 is 0 Å². The van der Waals surface area contributed by atoms with Crippen molar-refractivity contribution in [2.75, 3.05) is 19.3 Å². The van der Waals surface area contributed by atoms with E-state index in [1.54, 1.807) is 16.4 Å². The highest BCUT2D eigenvalue weighted by Gasteiger charge is 2.05. The Morgan fingerprint density at radius 2 is 2.47 bits per heavy atom. The highest BCUT2D eigenvalue weighted by molar-refractivity contribution is 7.99. The summed E-state index contributed by atoms with van der Waals surface area (Å²) in [6.45, 7) is 1.61. The second kappa shape index (κ2) is 7.20. The van der Waals surface area contributed by atoms with Gasteiger partial charge in [0.1, 0.15) is 0 Å². The molecule has 15 heavy (non-hydrogen) atoms. The first-order valence-electron chi connectivity index (χ1n) is 4.79. The summed E-state index contributed by atoms with van der Waals surface area (Å²) in [7, 11) is 1.89. The van der Waals surface area contributed by atoms with Crippen molar-refractivity contribution in [3.8, 4) is 6.07 Å². The molecule has 0 amide bonds. The standard InChI is InChI=1S/C8H14N6S/c1-10-5-6-14-8(11-12-13-14)15-7-3-2-4-9/h10H,2-3,5-7H2,1H3. The van der Waals surface area contributed by atoms with Crippen LogP contribution >= 0.6 is 11.8 Å². The molecule has 0 aliphatic carbocycles. The lowest BCUT2D eigenvalue weighted by molar-refractivity contribution is 0.530. The first-order valence-corrected chi connectivity index (χ1v) is 5.77. The summed E-state index contributed by atoms with van der Waals surface area (Å²) >= 11 is 1.59. The number of aromatic nitrogens is 4. The van der Waals surface area contributed by atoms with Gasteiger partial charge in [-0.25, -0.2) is 4.68 Å². The molecule has 1 N–H and O–H groups in total. The van der Waals surface area contributed by atoms with Gasteiger partial charge in [0, 0.05) is 18.7 Å². The molecule has 1 heterocycles. The zero-order chi connectivity index (χ0) is 10.9. The van der Waals surface area contributed by atoms with Gasteiger partial charge in [-0.05, 0) is 23.9 Å². The van der Waals surface area contributed by atoms with E-state index in [1.807, 2.05) is 7.05 Å². The molecule has 7 heteroatoms. The highest BCUT2D eigenvalue weighted by Crippen LogP contribution is 2.14. The van der Waals surface area contributed by atoms with E-state index in [2.05, 4.69) is 26.9 Å². The van der Waals surface area contributed by atoms with Crippen LogP contribution in [0.25, 0.3) is 0 Å². The number of rotatable bonds is 7. The number of likely N-dealkylation sites (N-methyl/N-ethyl adjacent to an activating group) is 1. The van der Waals surface area contributed by atoms with Gasteiger partial charge in [-0.3, -0.25) is 0 Å². The number of nitrogens with zero attached hydrogens (tertiary/aromatic N) is 5. The summed E-state index contributed by atoms with van der Waals surface area (Å²) in [5.41, 5.74) is 0. The number of hydrogen-bond donors (Lipinski definition) is 1. The van der Waals surface area contributed by atoms with Gasteiger partial charge in [0.15, 0.2) is 0 Å². The van der Waals surface area contributed by atoms with Crippen molar-refractivity contribution in [1.82, 2.24) is 25.5 Å². The highest BCUT2D eigenvalue weighted by atomic mass is 32.2. The van der Waals surface area contributed by atoms with Crippen molar-refractivity contribution in [2.45, 2.75) is 24.5 Å². The molecule has 1 aromatic heterocycles. The Bertz CT molecular complexity index is 317. The van der Waals surface area contributed by atoms with Crippen molar-refractivity contribution in [3.05, 3.63) is 0 Å². The fraction of sp³-hybridized carbons (Fsp3) is 0.750. The van der Waals surface area contributed by atoms with Crippen LogP contribution in [0.2, 0.25) is 0 Å². The van der Waals surface area contributed by atoms with Gasteiger partial charge in [0.2, 0.25) is 5.16 Å². The Kier molecular flexibility index (Phi) is 5.73. The molecule has 0 aliphatic heterocycles. The molecule has 1 aromatic rings. The average molecular weight is 226 g/mol. The second-order valence-electron chi connectivity index (χ2n) is 2.90. The fourth-order valence-corrected chi connectivity index (χ4v) is 1.81. The van der Waals surface area contributed by atoms with Gasteiger partial charge in [-0.15, -0.1) is 5.10 Å². The first kappa shape index (κ1) is 11.9. The van der Waals surface area contributed by atoms with Gasteiger partial charge in [0.25, 0.3) is 0 Å². The second-order valence-corrected chi connectivity index (χ2v) is 3.96. The van der Waals surface area contributed by atoms with Gasteiger partial charge in [0.05, 0.1) is 12.6 Å². The Hall–Kier alpha value is -1.13. The molecule has 0 saturated heterocycles. The third-order valence-electron chi connectivity index (χ3n) is 1.74. The van der Waals surface area contributed by atoms with E-state index in [0.29, 0.717) is 6.42 Å². The van der Waals surface area contributed by atoms with Crippen molar-refractivity contribution >= 4 is 11.8 Å². The maximum Gasteiger partial charge on any atom is 0.209 e. The van der Waals surface area contributed by atoms with Crippen LogP contribution in [0.15, 0.2) is 5.16 Å². The number of nitrogens with one attached hydrogen (secondary N) is 1. The summed E-state index contributed by atoms with van der Waals surface area (Å²) in [6.07, 6.45) is 1.46. The minimum atomic E-state index is 0.588. The molecule has 0 unspecified atom stereocenters. The molecule has 1 rings (SSSR count). The molecule has 0 spiro atoms. The summed E-state index contributed by atoms with van der Waals surface area (Å²) in [6, 6.07) is 2.11. The van der Waals surface area contributed by atoms with Crippen LogP contribution in [0.5, 0.6) is 0 Å². The normalized spacial score (nSPS) is 10.1. The van der Waals surface area contributed by atoms with Crippen molar-refractivity contribution in [1.29, 1.82) is 5.26 Å². The zero-order valence-electron chi connectivity index (χ0n) is 8.68. The van der Waals surface area contributed by atoms with E-state index in [9.17, 15) is 0 Å². The molecule has 82 valence electrons. The quantitative estimate of drug-likeness (QED) is 0.531. The van der Waals surface area contributed by atoms with Crippen LogP contribution in [0, 0.1) is 11.3 Å². The van der Waals surface area contributed by atoms with E-state index in [-0.39, 0.29) is 0 Å². The van der Waals surface area contributed by atoms with Crippen LogP contribution < -0.4 is 5.32 Å². The summed E-state index contributed by atoms with van der Waals surface area (Å²) < 4.78 is 1.77. The number of unbranched alkanes of at least 4 members (excludes halogenated alkanes) is 1. The lowest BCUT2D eigenvalue weighted by Gasteiger charge is -2.02. The molecule has 0 aliphatic rings. The Labute approximate surface area is 93.0 Å². The van der Waals surface area contributed by atoms with Gasteiger partial charge in [-0.2, -0.15) is 5.26 Å².